The summed E-state index contributed by atoms with van der Waals surface area (Å²) in [4.78, 5) is 2.43. The Hall–Kier alpha value is -1.06. The normalized spacial score (nSPS) is 30.5. The smallest absolute Gasteiger partial charge is 0.119 e. The first-order valence-corrected chi connectivity index (χ1v) is 8.17. The lowest BCUT2D eigenvalue weighted by atomic mass is 9.72. The fourth-order valence-electron chi connectivity index (χ4n) is 4.01. The van der Waals surface area contributed by atoms with Crippen LogP contribution in [0, 0.1) is 5.92 Å². The maximum Gasteiger partial charge on any atom is 0.119 e. The van der Waals surface area contributed by atoms with Gasteiger partial charge in [0.15, 0.2) is 0 Å². The van der Waals surface area contributed by atoms with Crippen molar-refractivity contribution in [2.45, 2.75) is 37.7 Å². The molecule has 2 fully saturated rings. The molecule has 2 unspecified atom stereocenters. The van der Waals surface area contributed by atoms with Gasteiger partial charge in [-0.05, 0) is 37.6 Å². The van der Waals surface area contributed by atoms with Gasteiger partial charge in [-0.15, -0.1) is 0 Å². The van der Waals surface area contributed by atoms with E-state index in [1.54, 1.807) is 7.11 Å². The number of methoxy groups -OCH3 is 1. The highest BCUT2D eigenvalue weighted by atomic mass is 16.5. The van der Waals surface area contributed by atoms with E-state index in [1.807, 2.05) is 6.07 Å². The van der Waals surface area contributed by atoms with E-state index in [2.05, 4.69) is 30.1 Å². The number of ether oxygens (including phenoxy) is 2. The lowest BCUT2D eigenvalue weighted by Gasteiger charge is -2.43. The van der Waals surface area contributed by atoms with E-state index in [9.17, 15) is 0 Å². The van der Waals surface area contributed by atoms with Crippen LogP contribution in [0.3, 0.4) is 0 Å². The van der Waals surface area contributed by atoms with Crippen molar-refractivity contribution in [2.24, 2.45) is 5.92 Å². The van der Waals surface area contributed by atoms with Crippen molar-refractivity contribution in [1.29, 1.82) is 0 Å². The molecule has 0 radical (unpaired) electrons. The zero-order chi connectivity index (χ0) is 14.7. The second-order valence-corrected chi connectivity index (χ2v) is 6.65. The van der Waals surface area contributed by atoms with Crippen molar-refractivity contribution in [3.63, 3.8) is 0 Å². The largest absolute Gasteiger partial charge is 0.497 e. The van der Waals surface area contributed by atoms with E-state index in [0.717, 1.165) is 25.3 Å². The molecule has 1 aromatic rings. The van der Waals surface area contributed by atoms with Crippen LogP contribution in [0.1, 0.15) is 31.2 Å². The van der Waals surface area contributed by atoms with E-state index in [4.69, 9.17) is 9.47 Å². The summed E-state index contributed by atoms with van der Waals surface area (Å²) >= 11 is 0. The predicted octanol–water partition coefficient (Wildman–Crippen LogP) is 3.13. The van der Waals surface area contributed by atoms with Gasteiger partial charge in [-0.25, -0.2) is 0 Å². The third-order valence-corrected chi connectivity index (χ3v) is 5.18. The summed E-state index contributed by atoms with van der Waals surface area (Å²) in [6.07, 6.45) is 6.16. The number of hydrogen-bond acceptors (Lipinski definition) is 3. The molecule has 0 aromatic heterocycles. The van der Waals surface area contributed by atoms with Gasteiger partial charge in [0.05, 0.1) is 19.3 Å². The molecule has 21 heavy (non-hydrogen) atoms. The fourth-order valence-corrected chi connectivity index (χ4v) is 4.01. The van der Waals surface area contributed by atoms with E-state index in [1.165, 1.54) is 37.8 Å². The Morgan fingerprint density at radius 2 is 2.29 bits per heavy atom. The molecule has 0 spiro atoms. The summed E-state index contributed by atoms with van der Waals surface area (Å²) in [5.74, 6) is 1.60. The molecule has 0 amide bonds. The van der Waals surface area contributed by atoms with Crippen molar-refractivity contribution < 1.29 is 9.47 Å². The van der Waals surface area contributed by atoms with Crippen LogP contribution in [0.15, 0.2) is 24.3 Å². The number of hydrogen-bond donors (Lipinski definition) is 0. The van der Waals surface area contributed by atoms with Gasteiger partial charge >= 0.3 is 0 Å². The minimum Gasteiger partial charge on any atom is -0.497 e. The standard InChI is InChI=1S/C18H27NO2/c1-19-10-11-21-18(9-4-3-7-16(18)14-19)13-15-6-5-8-17(12-15)20-2/h5-6,8,12,16H,3-4,7,9-11,13-14H2,1-2H3. The maximum absolute atomic E-state index is 6.46. The van der Waals surface area contributed by atoms with Crippen molar-refractivity contribution in [2.75, 3.05) is 33.9 Å². The molecule has 1 saturated heterocycles. The van der Waals surface area contributed by atoms with Crippen LogP contribution in [0.5, 0.6) is 5.75 Å². The van der Waals surface area contributed by atoms with Crippen molar-refractivity contribution in [1.82, 2.24) is 4.90 Å². The van der Waals surface area contributed by atoms with Crippen LogP contribution < -0.4 is 4.74 Å². The first-order chi connectivity index (χ1) is 10.2. The quantitative estimate of drug-likeness (QED) is 0.853. The third kappa shape index (κ3) is 3.24. The van der Waals surface area contributed by atoms with Gasteiger partial charge in [0.1, 0.15) is 5.75 Å². The molecule has 1 aliphatic carbocycles. The Morgan fingerprint density at radius 3 is 3.14 bits per heavy atom. The van der Waals surface area contributed by atoms with Gasteiger partial charge in [0.25, 0.3) is 0 Å². The second kappa shape index (κ2) is 6.37. The summed E-state index contributed by atoms with van der Waals surface area (Å²) in [5.41, 5.74) is 1.38. The fraction of sp³-hybridized carbons (Fsp3) is 0.667. The third-order valence-electron chi connectivity index (χ3n) is 5.18. The minimum atomic E-state index is 0.0371. The molecule has 0 N–H and O–H groups in total. The number of rotatable bonds is 3. The van der Waals surface area contributed by atoms with E-state index >= 15 is 0 Å². The molecule has 1 aromatic carbocycles. The average Bonchev–Trinajstić information content (AvgIpc) is 2.65. The molecule has 3 rings (SSSR count). The summed E-state index contributed by atoms with van der Waals surface area (Å²) in [6, 6.07) is 8.48. The molecule has 3 heteroatoms. The van der Waals surface area contributed by atoms with E-state index < -0.39 is 0 Å². The van der Waals surface area contributed by atoms with Crippen LogP contribution in [0.2, 0.25) is 0 Å². The molecule has 3 nitrogen and oxygen atoms in total. The van der Waals surface area contributed by atoms with E-state index in [-0.39, 0.29) is 5.60 Å². The first-order valence-electron chi connectivity index (χ1n) is 8.17. The van der Waals surface area contributed by atoms with Crippen molar-refractivity contribution >= 4 is 0 Å². The van der Waals surface area contributed by atoms with Gasteiger partial charge in [-0.3, -0.25) is 0 Å². The highest BCUT2D eigenvalue weighted by Gasteiger charge is 2.43. The van der Waals surface area contributed by atoms with Gasteiger partial charge < -0.3 is 14.4 Å². The van der Waals surface area contributed by atoms with Gasteiger partial charge in [-0.1, -0.05) is 25.0 Å². The Bertz CT molecular complexity index is 476. The van der Waals surface area contributed by atoms with Crippen LogP contribution in [0.25, 0.3) is 0 Å². The summed E-state index contributed by atoms with van der Waals surface area (Å²) in [5, 5.41) is 0. The number of benzene rings is 1. The Kier molecular flexibility index (Phi) is 4.51. The molecular formula is C18H27NO2. The number of likely N-dealkylation sites (N-methyl/N-ethyl adjacent to an activating group) is 1. The Labute approximate surface area is 128 Å². The molecule has 0 bridgehead atoms. The van der Waals surface area contributed by atoms with Crippen molar-refractivity contribution in [3.05, 3.63) is 29.8 Å². The topological polar surface area (TPSA) is 21.7 Å². The molecule has 116 valence electrons. The van der Waals surface area contributed by atoms with Crippen LogP contribution in [-0.4, -0.2) is 44.4 Å². The average molecular weight is 289 g/mol. The summed E-state index contributed by atoms with van der Waals surface area (Å²) < 4.78 is 11.8. The van der Waals surface area contributed by atoms with E-state index in [0.29, 0.717) is 5.92 Å². The van der Waals surface area contributed by atoms with Crippen LogP contribution in [-0.2, 0) is 11.2 Å². The SMILES string of the molecule is COc1cccc(CC23CCCCC2CN(C)CCO3)c1. The monoisotopic (exact) mass is 289 g/mol. The number of nitrogens with zero attached hydrogens (tertiary/aromatic N) is 1. The van der Waals surface area contributed by atoms with Crippen molar-refractivity contribution in [3.8, 4) is 5.75 Å². The zero-order valence-corrected chi connectivity index (χ0v) is 13.3. The second-order valence-electron chi connectivity index (χ2n) is 6.65. The zero-order valence-electron chi connectivity index (χ0n) is 13.3. The predicted molar refractivity (Wildman–Crippen MR) is 84.8 cm³/mol. The summed E-state index contributed by atoms with van der Waals surface area (Å²) in [6.45, 7) is 3.08. The molecule has 1 saturated carbocycles. The number of fused-ring (bicyclic) bond motifs is 1. The first kappa shape index (κ1) is 14.9. The highest BCUT2D eigenvalue weighted by Crippen LogP contribution is 2.41. The molecule has 2 aliphatic rings. The lowest BCUT2D eigenvalue weighted by molar-refractivity contribution is -0.0935. The molecule has 2 atom stereocenters. The maximum atomic E-state index is 6.46. The Balaban J connectivity index is 1.84. The Morgan fingerprint density at radius 1 is 1.38 bits per heavy atom. The minimum absolute atomic E-state index is 0.0371. The van der Waals surface area contributed by atoms with Gasteiger partial charge in [-0.2, -0.15) is 0 Å². The van der Waals surface area contributed by atoms with Gasteiger partial charge in [0, 0.05) is 25.4 Å². The molecule has 1 aliphatic heterocycles. The molecular weight excluding hydrogens is 262 g/mol. The summed E-state index contributed by atoms with van der Waals surface area (Å²) in [7, 11) is 3.96. The molecule has 1 heterocycles. The van der Waals surface area contributed by atoms with Crippen LogP contribution >= 0.6 is 0 Å². The highest BCUT2D eigenvalue weighted by molar-refractivity contribution is 5.29. The van der Waals surface area contributed by atoms with Gasteiger partial charge in [0.2, 0.25) is 0 Å². The van der Waals surface area contributed by atoms with Crippen LogP contribution in [0.4, 0.5) is 0 Å². The lowest BCUT2D eigenvalue weighted by Crippen LogP contribution is -2.47.